The van der Waals surface area contributed by atoms with Gasteiger partial charge in [-0.25, -0.2) is 13.4 Å². The Morgan fingerprint density at radius 1 is 1.56 bits per heavy atom. The SMILES string of the molecule is CN(Cc1cscn1)S(=O)(=O)c1c[nH]c(CO)c1. The quantitative estimate of drug-likeness (QED) is 0.851. The second kappa shape index (κ2) is 5.19. The molecule has 0 aliphatic heterocycles. The predicted molar refractivity (Wildman–Crippen MR) is 67.5 cm³/mol. The molecular formula is C10H13N3O3S2. The molecule has 0 saturated heterocycles. The highest BCUT2D eigenvalue weighted by molar-refractivity contribution is 7.89. The fourth-order valence-electron chi connectivity index (χ4n) is 1.47. The molecule has 0 fully saturated rings. The summed E-state index contributed by atoms with van der Waals surface area (Å²) in [6.07, 6.45) is 1.37. The standard InChI is InChI=1S/C10H13N3O3S2/c1-13(4-9-6-17-7-12-9)18(15,16)10-2-8(5-14)11-3-10/h2-3,6-7,11,14H,4-5H2,1H3. The van der Waals surface area contributed by atoms with E-state index in [2.05, 4.69) is 9.97 Å². The molecule has 0 aliphatic rings. The molecule has 2 heterocycles. The molecule has 2 N–H and O–H groups in total. The Labute approximate surface area is 109 Å². The molecule has 0 spiro atoms. The molecule has 0 aliphatic carbocycles. The molecule has 0 bridgehead atoms. The van der Waals surface area contributed by atoms with Crippen molar-refractivity contribution >= 4 is 21.4 Å². The van der Waals surface area contributed by atoms with E-state index in [9.17, 15) is 8.42 Å². The van der Waals surface area contributed by atoms with E-state index < -0.39 is 10.0 Å². The van der Waals surface area contributed by atoms with Gasteiger partial charge in [-0.1, -0.05) is 0 Å². The third kappa shape index (κ3) is 2.61. The van der Waals surface area contributed by atoms with Crippen molar-refractivity contribution in [3.8, 4) is 0 Å². The number of thiazole rings is 1. The molecule has 0 aromatic carbocycles. The van der Waals surface area contributed by atoms with Crippen LogP contribution in [0.2, 0.25) is 0 Å². The van der Waals surface area contributed by atoms with Crippen molar-refractivity contribution in [2.45, 2.75) is 18.0 Å². The number of nitrogens with one attached hydrogen (secondary N) is 1. The average Bonchev–Trinajstić information content (AvgIpc) is 2.99. The van der Waals surface area contributed by atoms with Crippen LogP contribution in [0.25, 0.3) is 0 Å². The second-order valence-electron chi connectivity index (χ2n) is 3.76. The highest BCUT2D eigenvalue weighted by atomic mass is 32.2. The van der Waals surface area contributed by atoms with Gasteiger partial charge in [-0.2, -0.15) is 4.31 Å². The zero-order valence-electron chi connectivity index (χ0n) is 9.70. The molecule has 2 aromatic heterocycles. The lowest BCUT2D eigenvalue weighted by molar-refractivity contribution is 0.277. The Morgan fingerprint density at radius 3 is 2.89 bits per heavy atom. The average molecular weight is 287 g/mol. The van der Waals surface area contributed by atoms with Crippen molar-refractivity contribution in [1.29, 1.82) is 0 Å². The molecular weight excluding hydrogens is 274 g/mol. The molecule has 0 amide bonds. The van der Waals surface area contributed by atoms with Crippen LogP contribution in [0, 0.1) is 0 Å². The first-order valence-electron chi connectivity index (χ1n) is 5.15. The van der Waals surface area contributed by atoms with Gasteiger partial charge in [0.1, 0.15) is 0 Å². The van der Waals surface area contributed by atoms with Crippen LogP contribution in [-0.4, -0.2) is 34.8 Å². The van der Waals surface area contributed by atoms with E-state index in [1.807, 2.05) is 5.38 Å². The third-order valence-electron chi connectivity index (χ3n) is 2.46. The maximum Gasteiger partial charge on any atom is 0.244 e. The van der Waals surface area contributed by atoms with Gasteiger partial charge in [-0.15, -0.1) is 11.3 Å². The van der Waals surface area contributed by atoms with Crippen molar-refractivity contribution in [3.05, 3.63) is 34.5 Å². The van der Waals surface area contributed by atoms with Crippen LogP contribution in [-0.2, 0) is 23.2 Å². The molecule has 2 rings (SSSR count). The lowest BCUT2D eigenvalue weighted by atomic mass is 10.5. The molecule has 6 nitrogen and oxygen atoms in total. The Bertz CT molecular complexity index is 604. The minimum atomic E-state index is -3.55. The van der Waals surface area contributed by atoms with E-state index in [0.29, 0.717) is 11.4 Å². The number of aromatic nitrogens is 2. The largest absolute Gasteiger partial charge is 0.390 e. The van der Waals surface area contributed by atoms with Crippen LogP contribution in [0.15, 0.2) is 28.0 Å². The van der Waals surface area contributed by atoms with E-state index in [0.717, 1.165) is 0 Å². The summed E-state index contributed by atoms with van der Waals surface area (Å²) in [6.45, 7) is 0.0107. The Morgan fingerprint density at radius 2 is 2.33 bits per heavy atom. The summed E-state index contributed by atoms with van der Waals surface area (Å²) in [5.41, 5.74) is 2.84. The lowest BCUT2D eigenvalue weighted by Crippen LogP contribution is -2.26. The summed E-state index contributed by atoms with van der Waals surface area (Å²) in [4.78, 5) is 6.90. The Hall–Kier alpha value is -1.22. The summed E-state index contributed by atoms with van der Waals surface area (Å²) in [5.74, 6) is 0. The van der Waals surface area contributed by atoms with Gasteiger partial charge in [0.05, 0.1) is 29.3 Å². The molecule has 98 valence electrons. The number of aromatic amines is 1. The number of nitrogens with zero attached hydrogens (tertiary/aromatic N) is 2. The Kier molecular flexibility index (Phi) is 3.81. The van der Waals surface area contributed by atoms with Crippen molar-refractivity contribution in [1.82, 2.24) is 14.3 Å². The minimum absolute atomic E-state index is 0.143. The van der Waals surface area contributed by atoms with Gasteiger partial charge >= 0.3 is 0 Å². The summed E-state index contributed by atoms with van der Waals surface area (Å²) >= 11 is 1.42. The summed E-state index contributed by atoms with van der Waals surface area (Å²) < 4.78 is 25.6. The first-order chi connectivity index (χ1) is 8.54. The number of rotatable bonds is 5. The zero-order valence-corrected chi connectivity index (χ0v) is 11.3. The van der Waals surface area contributed by atoms with Crippen molar-refractivity contribution in [2.24, 2.45) is 0 Å². The highest BCUT2D eigenvalue weighted by Crippen LogP contribution is 2.17. The smallest absolute Gasteiger partial charge is 0.244 e. The summed E-state index contributed by atoms with van der Waals surface area (Å²) in [5, 5.41) is 10.7. The predicted octanol–water partition coefficient (Wildman–Crippen LogP) is 0.784. The van der Waals surface area contributed by atoms with Gasteiger partial charge in [-0.05, 0) is 6.07 Å². The minimum Gasteiger partial charge on any atom is -0.390 e. The first kappa shape index (κ1) is 13.2. The maximum atomic E-state index is 12.2. The summed E-state index contributed by atoms with van der Waals surface area (Å²) in [6, 6.07) is 1.42. The van der Waals surface area contributed by atoms with Crippen molar-refractivity contribution in [3.63, 3.8) is 0 Å². The number of aliphatic hydroxyl groups is 1. The van der Waals surface area contributed by atoms with Gasteiger partial charge in [-0.3, -0.25) is 0 Å². The van der Waals surface area contributed by atoms with Gasteiger partial charge in [0.2, 0.25) is 10.0 Å². The lowest BCUT2D eigenvalue weighted by Gasteiger charge is -2.14. The highest BCUT2D eigenvalue weighted by Gasteiger charge is 2.22. The van der Waals surface area contributed by atoms with E-state index in [-0.39, 0.29) is 18.0 Å². The van der Waals surface area contributed by atoms with Gasteiger partial charge in [0.25, 0.3) is 0 Å². The molecule has 8 heteroatoms. The molecule has 0 radical (unpaired) electrons. The maximum absolute atomic E-state index is 12.2. The van der Waals surface area contributed by atoms with E-state index in [4.69, 9.17) is 5.11 Å². The third-order valence-corrected chi connectivity index (χ3v) is 4.88. The van der Waals surface area contributed by atoms with Crippen LogP contribution < -0.4 is 0 Å². The number of H-pyrrole nitrogens is 1. The molecule has 0 atom stereocenters. The van der Waals surface area contributed by atoms with Crippen LogP contribution in [0.1, 0.15) is 11.4 Å². The van der Waals surface area contributed by atoms with E-state index >= 15 is 0 Å². The first-order valence-corrected chi connectivity index (χ1v) is 7.54. The van der Waals surface area contributed by atoms with Gasteiger partial charge in [0.15, 0.2) is 0 Å². The number of hydrogen-bond acceptors (Lipinski definition) is 5. The van der Waals surface area contributed by atoms with Crippen LogP contribution in [0.3, 0.4) is 0 Å². The van der Waals surface area contributed by atoms with Crippen LogP contribution in [0.4, 0.5) is 0 Å². The van der Waals surface area contributed by atoms with Crippen molar-refractivity contribution < 1.29 is 13.5 Å². The zero-order chi connectivity index (χ0) is 13.2. The number of sulfonamides is 1. The van der Waals surface area contributed by atoms with Gasteiger partial charge in [0, 0.05) is 24.3 Å². The second-order valence-corrected chi connectivity index (χ2v) is 6.52. The van der Waals surface area contributed by atoms with Gasteiger partial charge < -0.3 is 10.1 Å². The molecule has 0 unspecified atom stereocenters. The fraction of sp³-hybridized carbons (Fsp3) is 0.300. The van der Waals surface area contributed by atoms with Crippen molar-refractivity contribution in [2.75, 3.05) is 7.05 Å². The van der Waals surface area contributed by atoms with Crippen LogP contribution in [0.5, 0.6) is 0 Å². The van der Waals surface area contributed by atoms with E-state index in [1.54, 1.807) is 5.51 Å². The molecule has 2 aromatic rings. The molecule has 0 saturated carbocycles. The van der Waals surface area contributed by atoms with E-state index in [1.165, 1.54) is 35.0 Å². The van der Waals surface area contributed by atoms with Crippen LogP contribution >= 0.6 is 11.3 Å². The number of hydrogen-bond donors (Lipinski definition) is 2. The number of aliphatic hydroxyl groups excluding tert-OH is 1. The normalized spacial score (nSPS) is 12.2. The topological polar surface area (TPSA) is 86.3 Å². The summed E-state index contributed by atoms with van der Waals surface area (Å²) in [7, 11) is -2.05. The Balaban J connectivity index is 2.19. The monoisotopic (exact) mass is 287 g/mol. The fourth-order valence-corrected chi connectivity index (χ4v) is 3.18. The molecule has 18 heavy (non-hydrogen) atoms.